The molecule has 0 bridgehead atoms. The third kappa shape index (κ3) is 6.08. The number of β-amino-alcohol motifs (C(OH)–C–C–N with tert-alkyl or cyclic N) is 1. The molecule has 214 valence electrons. The summed E-state index contributed by atoms with van der Waals surface area (Å²) in [4.78, 5) is 54.9. The van der Waals surface area contributed by atoms with Gasteiger partial charge in [-0.1, -0.05) is 11.6 Å². The number of hydrogen-bond donors (Lipinski definition) is 3. The second kappa shape index (κ2) is 10.8. The molecule has 39 heavy (non-hydrogen) atoms. The summed E-state index contributed by atoms with van der Waals surface area (Å²) < 4.78 is 38.9. The standard InChI is InChI=1S/C25H31ClF3N5O5/c1-14-22(38)33(9-2-3-20(36)32-10-8-24(6-7-24)19(35)13-32)18(21(30)37)12-34(14)23(39)31-15-4-5-16(17(26)11-15)25(27,28)29/h4-5,11,14,18-19,35H,2-3,6-10,12-13H2,1H3,(H2,30,37)(H,31,39)/t14-,18+,19?/m0/s1. The van der Waals surface area contributed by atoms with Gasteiger partial charge in [-0.3, -0.25) is 14.4 Å². The molecule has 0 radical (unpaired) electrons. The maximum absolute atomic E-state index is 13.1. The number of aliphatic hydroxyl groups is 1. The van der Waals surface area contributed by atoms with Crippen molar-refractivity contribution in [1.29, 1.82) is 0 Å². The maximum atomic E-state index is 13.1. The monoisotopic (exact) mass is 573 g/mol. The van der Waals surface area contributed by atoms with Crippen molar-refractivity contribution >= 4 is 41.0 Å². The van der Waals surface area contributed by atoms with Crippen LogP contribution in [0.3, 0.4) is 0 Å². The van der Waals surface area contributed by atoms with Gasteiger partial charge in [0.2, 0.25) is 17.7 Å². The maximum Gasteiger partial charge on any atom is 0.417 e. The van der Waals surface area contributed by atoms with E-state index in [2.05, 4.69) is 5.32 Å². The highest BCUT2D eigenvalue weighted by molar-refractivity contribution is 6.31. The fraction of sp³-hybridized carbons (Fsp3) is 0.600. The smallest absolute Gasteiger partial charge is 0.391 e. The molecule has 1 spiro atoms. The number of carbonyl (C=O) groups is 4. The highest BCUT2D eigenvalue weighted by Gasteiger charge is 2.51. The summed E-state index contributed by atoms with van der Waals surface area (Å²) in [6, 6.07) is -0.273. The van der Waals surface area contributed by atoms with E-state index in [0.717, 1.165) is 42.4 Å². The number of nitrogens with zero attached hydrogens (tertiary/aromatic N) is 3. The average Bonchev–Trinajstić information content (AvgIpc) is 3.63. The van der Waals surface area contributed by atoms with Crippen molar-refractivity contribution in [3.63, 3.8) is 0 Å². The van der Waals surface area contributed by atoms with E-state index in [1.165, 1.54) is 11.8 Å². The Kier molecular flexibility index (Phi) is 8.04. The molecule has 3 atom stereocenters. The molecule has 4 rings (SSSR count). The zero-order chi connectivity index (χ0) is 28.7. The number of hydrogen-bond acceptors (Lipinski definition) is 5. The molecular weight excluding hydrogens is 543 g/mol. The number of benzene rings is 1. The van der Waals surface area contributed by atoms with Crippen LogP contribution in [0.1, 0.15) is 44.6 Å². The fourth-order valence-electron chi connectivity index (χ4n) is 5.30. The van der Waals surface area contributed by atoms with Gasteiger partial charge in [-0.25, -0.2) is 4.79 Å². The number of piperidine rings is 1. The molecule has 3 fully saturated rings. The number of alkyl halides is 3. The van der Waals surface area contributed by atoms with Crippen molar-refractivity contribution in [2.24, 2.45) is 11.1 Å². The van der Waals surface area contributed by atoms with E-state index >= 15 is 0 Å². The highest BCUT2D eigenvalue weighted by atomic mass is 35.5. The molecule has 4 N–H and O–H groups in total. The summed E-state index contributed by atoms with van der Waals surface area (Å²) in [5.41, 5.74) is 4.42. The number of halogens is 4. The topological polar surface area (TPSA) is 136 Å². The van der Waals surface area contributed by atoms with E-state index in [1.807, 2.05) is 0 Å². The number of piperazine rings is 1. The minimum Gasteiger partial charge on any atom is -0.391 e. The Balaban J connectivity index is 1.35. The molecule has 0 aromatic heterocycles. The van der Waals surface area contributed by atoms with Gasteiger partial charge in [-0.15, -0.1) is 0 Å². The minimum atomic E-state index is -4.66. The lowest BCUT2D eigenvalue weighted by Crippen LogP contribution is -2.66. The number of nitrogens with two attached hydrogens (primary N) is 1. The number of likely N-dealkylation sites (tertiary alicyclic amines) is 1. The molecule has 1 saturated carbocycles. The van der Waals surface area contributed by atoms with Crippen molar-refractivity contribution in [2.45, 2.75) is 63.4 Å². The van der Waals surface area contributed by atoms with Gasteiger partial charge in [0, 0.05) is 31.7 Å². The van der Waals surface area contributed by atoms with Gasteiger partial charge >= 0.3 is 12.2 Å². The van der Waals surface area contributed by atoms with Gasteiger partial charge in [0.25, 0.3) is 0 Å². The minimum absolute atomic E-state index is 0.0235. The van der Waals surface area contributed by atoms with Crippen LogP contribution in [0.25, 0.3) is 0 Å². The Hall–Kier alpha value is -3.06. The van der Waals surface area contributed by atoms with Crippen LogP contribution in [0.5, 0.6) is 0 Å². The van der Waals surface area contributed by atoms with Crippen molar-refractivity contribution in [2.75, 3.05) is 31.5 Å². The lowest BCUT2D eigenvalue weighted by molar-refractivity contribution is -0.148. The van der Waals surface area contributed by atoms with Crippen LogP contribution in [-0.2, 0) is 20.6 Å². The molecule has 1 unspecified atom stereocenters. The Morgan fingerprint density at radius 3 is 2.46 bits per heavy atom. The van der Waals surface area contributed by atoms with Crippen molar-refractivity contribution in [1.82, 2.24) is 14.7 Å². The van der Waals surface area contributed by atoms with Crippen LogP contribution >= 0.6 is 11.6 Å². The second-order valence-electron chi connectivity index (χ2n) is 10.5. The molecule has 2 aliphatic heterocycles. The number of aliphatic hydroxyl groups excluding tert-OH is 1. The predicted molar refractivity (Wildman–Crippen MR) is 134 cm³/mol. The number of urea groups is 1. The van der Waals surface area contributed by atoms with E-state index in [4.69, 9.17) is 17.3 Å². The van der Waals surface area contributed by atoms with Crippen LogP contribution in [0.4, 0.5) is 23.7 Å². The van der Waals surface area contributed by atoms with E-state index in [1.54, 1.807) is 4.90 Å². The number of carbonyl (C=O) groups excluding carboxylic acids is 4. The van der Waals surface area contributed by atoms with Gasteiger partial charge in [0.1, 0.15) is 12.1 Å². The SMILES string of the molecule is C[C@H]1C(=O)N(CCCC(=O)N2CCC3(CC3)C(O)C2)[C@@H](C(N)=O)CN1C(=O)Nc1ccc(C(F)(F)F)c(Cl)c1. The molecule has 2 saturated heterocycles. The van der Waals surface area contributed by atoms with E-state index in [-0.39, 0.29) is 49.5 Å². The molecule has 5 amide bonds. The quantitative estimate of drug-likeness (QED) is 0.480. The van der Waals surface area contributed by atoms with E-state index in [0.29, 0.717) is 6.54 Å². The van der Waals surface area contributed by atoms with Gasteiger partial charge in [-0.2, -0.15) is 13.2 Å². The summed E-state index contributed by atoms with van der Waals surface area (Å²) in [7, 11) is 0. The summed E-state index contributed by atoms with van der Waals surface area (Å²) in [6.45, 7) is 2.15. The van der Waals surface area contributed by atoms with Crippen molar-refractivity contribution in [3.8, 4) is 0 Å². The molecule has 14 heteroatoms. The third-order valence-electron chi connectivity index (χ3n) is 7.98. The number of rotatable bonds is 6. The predicted octanol–water partition coefficient (Wildman–Crippen LogP) is 2.43. The number of anilines is 1. The zero-order valence-electron chi connectivity index (χ0n) is 21.3. The Morgan fingerprint density at radius 2 is 1.90 bits per heavy atom. The Bertz CT molecular complexity index is 1160. The van der Waals surface area contributed by atoms with Crippen LogP contribution in [0.15, 0.2) is 18.2 Å². The van der Waals surface area contributed by atoms with Crippen molar-refractivity contribution < 1.29 is 37.5 Å². The molecular formula is C25H31ClF3N5O5. The fourth-order valence-corrected chi connectivity index (χ4v) is 5.59. The first-order chi connectivity index (χ1) is 18.2. The summed E-state index contributed by atoms with van der Waals surface area (Å²) >= 11 is 5.72. The number of primary amides is 1. The number of amides is 5. The molecule has 10 nitrogen and oxygen atoms in total. The molecule has 2 heterocycles. The second-order valence-corrected chi connectivity index (χ2v) is 10.9. The van der Waals surface area contributed by atoms with Gasteiger partial charge in [-0.05, 0) is 56.2 Å². The highest BCUT2D eigenvalue weighted by Crippen LogP contribution is 2.53. The molecule has 3 aliphatic rings. The lowest BCUT2D eigenvalue weighted by Gasteiger charge is -2.43. The Labute approximate surface area is 228 Å². The largest absolute Gasteiger partial charge is 0.417 e. The van der Waals surface area contributed by atoms with Crippen LogP contribution in [-0.4, -0.2) is 87.9 Å². The van der Waals surface area contributed by atoms with Crippen LogP contribution < -0.4 is 11.1 Å². The number of nitrogens with one attached hydrogen (secondary N) is 1. The Morgan fingerprint density at radius 1 is 1.21 bits per heavy atom. The first kappa shape index (κ1) is 28.9. The normalized spacial score (nSPS) is 24.6. The first-order valence-electron chi connectivity index (χ1n) is 12.7. The molecule has 1 aromatic carbocycles. The van der Waals surface area contributed by atoms with Gasteiger partial charge in [0.05, 0.1) is 23.2 Å². The van der Waals surface area contributed by atoms with E-state index < -0.39 is 52.8 Å². The summed E-state index contributed by atoms with van der Waals surface area (Å²) in [5.74, 6) is -1.54. The zero-order valence-corrected chi connectivity index (χ0v) is 22.1. The van der Waals surface area contributed by atoms with Gasteiger partial charge in [0.15, 0.2) is 0 Å². The third-order valence-corrected chi connectivity index (χ3v) is 8.30. The first-order valence-corrected chi connectivity index (χ1v) is 13.1. The van der Waals surface area contributed by atoms with Crippen molar-refractivity contribution in [3.05, 3.63) is 28.8 Å². The average molecular weight is 574 g/mol. The van der Waals surface area contributed by atoms with Gasteiger partial charge < -0.3 is 30.9 Å². The molecule has 1 aromatic rings. The van der Waals surface area contributed by atoms with Crippen LogP contribution in [0, 0.1) is 5.41 Å². The summed E-state index contributed by atoms with van der Waals surface area (Å²) in [6.07, 6.45) is -2.10. The lowest BCUT2D eigenvalue weighted by atomic mass is 9.90. The summed E-state index contributed by atoms with van der Waals surface area (Å²) in [5, 5.41) is 12.1. The van der Waals surface area contributed by atoms with Crippen LogP contribution in [0.2, 0.25) is 5.02 Å². The molecule has 1 aliphatic carbocycles. The van der Waals surface area contributed by atoms with E-state index in [9.17, 15) is 37.5 Å².